The van der Waals surface area contributed by atoms with E-state index < -0.39 is 0 Å². The van der Waals surface area contributed by atoms with Crippen LogP contribution in [0.1, 0.15) is 5.69 Å². The van der Waals surface area contributed by atoms with Crippen molar-refractivity contribution in [3.63, 3.8) is 0 Å². The van der Waals surface area contributed by atoms with Crippen LogP contribution in [0.15, 0.2) is 65.2 Å². The van der Waals surface area contributed by atoms with E-state index in [9.17, 15) is 0 Å². The molecule has 0 saturated heterocycles. The number of aromatic nitrogens is 1. The third kappa shape index (κ3) is 2.41. The third-order valence-corrected chi connectivity index (χ3v) is 3.04. The maximum absolute atomic E-state index is 5.52. The topological polar surface area (TPSA) is 52.0 Å². The Bertz CT molecular complexity index is 657. The molecule has 0 radical (unpaired) electrons. The van der Waals surface area contributed by atoms with Crippen molar-refractivity contribution in [1.82, 2.24) is 5.16 Å². The summed E-state index contributed by atoms with van der Waals surface area (Å²) in [5.74, 6) is 0.750. The normalized spacial score (nSPS) is 10.6. The van der Waals surface area contributed by atoms with E-state index in [1.807, 2.05) is 36.4 Å². The minimum atomic E-state index is 0.394. The smallest absolute Gasteiger partial charge is 0.167 e. The van der Waals surface area contributed by atoms with E-state index in [2.05, 4.69) is 29.4 Å². The Labute approximate surface area is 111 Å². The Balaban J connectivity index is 1.90. The minimum absolute atomic E-state index is 0.394. The molecule has 2 aromatic carbocycles. The van der Waals surface area contributed by atoms with Crippen LogP contribution in [0.4, 0.5) is 0 Å². The summed E-state index contributed by atoms with van der Waals surface area (Å²) in [6, 6.07) is 20.4. The zero-order chi connectivity index (χ0) is 13.1. The van der Waals surface area contributed by atoms with Crippen LogP contribution in [0.25, 0.3) is 22.5 Å². The van der Waals surface area contributed by atoms with Crippen molar-refractivity contribution in [1.29, 1.82) is 0 Å². The van der Waals surface area contributed by atoms with E-state index in [1.165, 1.54) is 11.1 Å². The molecule has 94 valence electrons. The zero-order valence-corrected chi connectivity index (χ0v) is 10.4. The average molecular weight is 250 g/mol. The molecular formula is C16H14N2O. The molecule has 3 aromatic rings. The summed E-state index contributed by atoms with van der Waals surface area (Å²) >= 11 is 0. The molecule has 3 nitrogen and oxygen atoms in total. The highest BCUT2D eigenvalue weighted by molar-refractivity contribution is 5.68. The minimum Gasteiger partial charge on any atom is -0.356 e. The molecule has 0 amide bonds. The predicted molar refractivity (Wildman–Crippen MR) is 75.3 cm³/mol. The van der Waals surface area contributed by atoms with Crippen molar-refractivity contribution in [2.24, 2.45) is 5.73 Å². The van der Waals surface area contributed by atoms with Crippen molar-refractivity contribution < 1.29 is 4.52 Å². The number of hydrogen-bond donors (Lipinski definition) is 1. The van der Waals surface area contributed by atoms with Crippen LogP contribution in [0.5, 0.6) is 0 Å². The van der Waals surface area contributed by atoms with Crippen molar-refractivity contribution in [2.75, 3.05) is 0 Å². The van der Waals surface area contributed by atoms with Gasteiger partial charge in [-0.1, -0.05) is 59.8 Å². The highest BCUT2D eigenvalue weighted by Crippen LogP contribution is 2.25. The molecule has 0 aliphatic rings. The van der Waals surface area contributed by atoms with Crippen molar-refractivity contribution in [3.05, 3.63) is 66.4 Å². The van der Waals surface area contributed by atoms with E-state index in [-0.39, 0.29) is 0 Å². The van der Waals surface area contributed by atoms with Gasteiger partial charge < -0.3 is 10.3 Å². The van der Waals surface area contributed by atoms with Crippen LogP contribution in [0.3, 0.4) is 0 Å². The Hall–Kier alpha value is -2.39. The Kier molecular flexibility index (Phi) is 3.12. The quantitative estimate of drug-likeness (QED) is 0.774. The fraction of sp³-hybridized carbons (Fsp3) is 0.0625. The first kappa shape index (κ1) is 11.7. The molecule has 0 unspecified atom stereocenters. The van der Waals surface area contributed by atoms with Gasteiger partial charge in [-0.05, 0) is 11.1 Å². The van der Waals surface area contributed by atoms with Crippen LogP contribution in [0.2, 0.25) is 0 Å². The van der Waals surface area contributed by atoms with Gasteiger partial charge in [0.25, 0.3) is 0 Å². The van der Waals surface area contributed by atoms with Gasteiger partial charge in [0.1, 0.15) is 0 Å². The summed E-state index contributed by atoms with van der Waals surface area (Å²) in [5.41, 5.74) is 9.68. The molecule has 19 heavy (non-hydrogen) atoms. The highest BCUT2D eigenvalue weighted by Gasteiger charge is 2.05. The maximum Gasteiger partial charge on any atom is 0.167 e. The van der Waals surface area contributed by atoms with Crippen LogP contribution in [0, 0.1) is 0 Å². The molecule has 0 spiro atoms. The standard InChI is InChI=1S/C16H14N2O/c17-11-15-10-16(19-18-15)14-8-6-13(7-9-14)12-4-2-1-3-5-12/h1-10H,11,17H2. The summed E-state index contributed by atoms with van der Waals surface area (Å²) in [6.07, 6.45) is 0. The fourth-order valence-electron chi connectivity index (χ4n) is 2.00. The number of nitrogens with two attached hydrogens (primary N) is 1. The van der Waals surface area contributed by atoms with Gasteiger partial charge in [-0.3, -0.25) is 0 Å². The first-order chi connectivity index (χ1) is 9.36. The van der Waals surface area contributed by atoms with Gasteiger partial charge in [0, 0.05) is 18.2 Å². The summed E-state index contributed by atoms with van der Waals surface area (Å²) in [5, 5.41) is 3.89. The second kappa shape index (κ2) is 5.08. The van der Waals surface area contributed by atoms with Gasteiger partial charge in [-0.25, -0.2) is 0 Å². The lowest BCUT2D eigenvalue weighted by atomic mass is 10.0. The highest BCUT2D eigenvalue weighted by atomic mass is 16.5. The van der Waals surface area contributed by atoms with E-state index in [4.69, 9.17) is 10.3 Å². The van der Waals surface area contributed by atoms with Gasteiger partial charge in [0.15, 0.2) is 5.76 Å². The summed E-state index contributed by atoms with van der Waals surface area (Å²) in [7, 11) is 0. The lowest BCUT2D eigenvalue weighted by molar-refractivity contribution is 0.424. The lowest BCUT2D eigenvalue weighted by Crippen LogP contribution is -1.94. The van der Waals surface area contributed by atoms with Crippen LogP contribution < -0.4 is 5.73 Å². The molecule has 1 heterocycles. The number of benzene rings is 2. The van der Waals surface area contributed by atoms with E-state index >= 15 is 0 Å². The number of rotatable bonds is 3. The molecular weight excluding hydrogens is 236 g/mol. The van der Waals surface area contributed by atoms with Gasteiger partial charge in [0.2, 0.25) is 0 Å². The molecule has 3 heteroatoms. The second-order valence-corrected chi connectivity index (χ2v) is 4.33. The Morgan fingerprint density at radius 3 is 2.11 bits per heavy atom. The maximum atomic E-state index is 5.52. The van der Waals surface area contributed by atoms with Gasteiger partial charge in [-0.2, -0.15) is 0 Å². The summed E-state index contributed by atoms with van der Waals surface area (Å²) < 4.78 is 5.26. The van der Waals surface area contributed by atoms with E-state index in [0.29, 0.717) is 6.54 Å². The monoisotopic (exact) mass is 250 g/mol. The first-order valence-electron chi connectivity index (χ1n) is 6.18. The molecule has 0 aliphatic heterocycles. The van der Waals surface area contributed by atoms with Crippen molar-refractivity contribution >= 4 is 0 Å². The lowest BCUT2D eigenvalue weighted by Gasteiger charge is -2.02. The van der Waals surface area contributed by atoms with Crippen LogP contribution in [-0.4, -0.2) is 5.16 Å². The van der Waals surface area contributed by atoms with Crippen molar-refractivity contribution in [2.45, 2.75) is 6.54 Å². The third-order valence-electron chi connectivity index (χ3n) is 3.04. The zero-order valence-electron chi connectivity index (χ0n) is 10.4. The van der Waals surface area contributed by atoms with Crippen molar-refractivity contribution in [3.8, 4) is 22.5 Å². The van der Waals surface area contributed by atoms with Gasteiger partial charge in [-0.15, -0.1) is 0 Å². The molecule has 0 fully saturated rings. The van der Waals surface area contributed by atoms with Gasteiger partial charge in [0.05, 0.1) is 5.69 Å². The average Bonchev–Trinajstić information content (AvgIpc) is 2.97. The van der Waals surface area contributed by atoms with Crippen LogP contribution in [-0.2, 0) is 6.54 Å². The first-order valence-corrected chi connectivity index (χ1v) is 6.18. The number of hydrogen-bond acceptors (Lipinski definition) is 3. The molecule has 0 saturated carbocycles. The molecule has 0 aliphatic carbocycles. The molecule has 0 atom stereocenters. The second-order valence-electron chi connectivity index (χ2n) is 4.33. The summed E-state index contributed by atoms with van der Waals surface area (Å²) in [6.45, 7) is 0.394. The number of nitrogens with zero attached hydrogens (tertiary/aromatic N) is 1. The SMILES string of the molecule is NCc1cc(-c2ccc(-c3ccccc3)cc2)on1. The molecule has 3 rings (SSSR count). The Morgan fingerprint density at radius 2 is 1.47 bits per heavy atom. The van der Waals surface area contributed by atoms with E-state index in [1.54, 1.807) is 0 Å². The summed E-state index contributed by atoms with van der Waals surface area (Å²) in [4.78, 5) is 0. The van der Waals surface area contributed by atoms with Gasteiger partial charge >= 0.3 is 0 Å². The van der Waals surface area contributed by atoms with Crippen LogP contribution >= 0.6 is 0 Å². The molecule has 0 bridgehead atoms. The Morgan fingerprint density at radius 1 is 0.842 bits per heavy atom. The van der Waals surface area contributed by atoms with E-state index in [0.717, 1.165) is 17.0 Å². The largest absolute Gasteiger partial charge is 0.356 e. The predicted octanol–water partition coefficient (Wildman–Crippen LogP) is 3.47. The molecule has 1 aromatic heterocycles. The fourth-order valence-corrected chi connectivity index (χ4v) is 2.00. The molecule has 2 N–H and O–H groups in total.